The average molecular weight is 305 g/mol. The Hall–Kier alpha value is -1.49. The van der Waals surface area contributed by atoms with Gasteiger partial charge in [-0.05, 0) is 42.5 Å². The molecule has 5 heteroatoms. The molecular weight excluding hydrogens is 286 g/mol. The van der Waals surface area contributed by atoms with Crippen LogP contribution in [0.5, 0.6) is 0 Å². The van der Waals surface area contributed by atoms with Crippen LogP contribution in [-0.4, -0.2) is 40.7 Å². The Morgan fingerprint density at radius 2 is 2.00 bits per heavy atom. The molecule has 0 saturated carbocycles. The lowest BCUT2D eigenvalue weighted by atomic mass is 9.96. The van der Waals surface area contributed by atoms with Crippen LogP contribution in [0.15, 0.2) is 23.1 Å². The van der Waals surface area contributed by atoms with E-state index in [1.54, 1.807) is 16.7 Å². The predicted molar refractivity (Wildman–Crippen MR) is 81.5 cm³/mol. The van der Waals surface area contributed by atoms with Gasteiger partial charge in [-0.25, -0.2) is 0 Å². The number of amides is 1. The van der Waals surface area contributed by atoms with Crippen LogP contribution < -0.4 is 0 Å². The fourth-order valence-corrected chi connectivity index (χ4v) is 3.89. The summed E-state index contributed by atoms with van der Waals surface area (Å²) in [5.74, 6) is -0.0864. The van der Waals surface area contributed by atoms with Crippen molar-refractivity contribution in [2.45, 2.75) is 30.6 Å². The van der Waals surface area contributed by atoms with Gasteiger partial charge in [0.2, 0.25) is 5.91 Å². The second-order valence-corrected chi connectivity index (χ2v) is 6.88. The van der Waals surface area contributed by atoms with Gasteiger partial charge in [-0.2, -0.15) is 0 Å². The molecule has 1 aromatic carbocycles. The number of carbonyl (C=O) groups is 2. The van der Waals surface area contributed by atoms with Crippen LogP contribution in [0.2, 0.25) is 0 Å². The monoisotopic (exact) mass is 305 g/mol. The van der Waals surface area contributed by atoms with Gasteiger partial charge >= 0.3 is 5.97 Å². The Kier molecular flexibility index (Phi) is 4.19. The van der Waals surface area contributed by atoms with Crippen molar-refractivity contribution in [1.29, 1.82) is 0 Å². The lowest BCUT2D eigenvalue weighted by Crippen LogP contribution is -2.51. The van der Waals surface area contributed by atoms with Crippen molar-refractivity contribution in [2.24, 2.45) is 5.92 Å². The molecule has 1 aromatic rings. The number of hydrogen-bond acceptors (Lipinski definition) is 3. The van der Waals surface area contributed by atoms with Crippen molar-refractivity contribution >= 4 is 23.6 Å². The second kappa shape index (κ2) is 6.10. The molecule has 112 valence electrons. The first-order valence-electron chi connectivity index (χ1n) is 7.36. The highest BCUT2D eigenvalue weighted by Crippen LogP contribution is 2.28. The zero-order valence-corrected chi connectivity index (χ0v) is 12.7. The van der Waals surface area contributed by atoms with E-state index in [-0.39, 0.29) is 18.2 Å². The SMILES string of the molecule is O=C(O)CC1CN(C(=O)CSc2ccc3c(c2)CCC3)C1. The lowest BCUT2D eigenvalue weighted by Gasteiger charge is -2.38. The van der Waals surface area contributed by atoms with Gasteiger partial charge in [-0.15, -0.1) is 11.8 Å². The minimum atomic E-state index is -0.778. The maximum absolute atomic E-state index is 12.0. The van der Waals surface area contributed by atoms with Crippen molar-refractivity contribution in [3.63, 3.8) is 0 Å². The Balaban J connectivity index is 1.45. The molecule has 4 nitrogen and oxygen atoms in total. The Morgan fingerprint density at radius 1 is 1.24 bits per heavy atom. The molecule has 0 bridgehead atoms. The molecule has 0 unspecified atom stereocenters. The Bertz CT molecular complexity index is 567. The summed E-state index contributed by atoms with van der Waals surface area (Å²) in [6, 6.07) is 6.50. The van der Waals surface area contributed by atoms with Crippen molar-refractivity contribution in [3.05, 3.63) is 29.3 Å². The fraction of sp³-hybridized carbons (Fsp3) is 0.500. The van der Waals surface area contributed by atoms with E-state index in [0.717, 1.165) is 11.3 Å². The van der Waals surface area contributed by atoms with E-state index in [1.807, 2.05) is 0 Å². The van der Waals surface area contributed by atoms with Crippen LogP contribution >= 0.6 is 11.8 Å². The summed E-state index contributed by atoms with van der Waals surface area (Å²) in [5.41, 5.74) is 2.88. The zero-order valence-electron chi connectivity index (χ0n) is 11.9. The second-order valence-electron chi connectivity index (χ2n) is 5.84. The third-order valence-electron chi connectivity index (χ3n) is 4.21. The summed E-state index contributed by atoms with van der Waals surface area (Å²) in [6.07, 6.45) is 3.74. The minimum absolute atomic E-state index is 0.113. The van der Waals surface area contributed by atoms with E-state index in [2.05, 4.69) is 18.2 Å². The number of carboxylic acid groups (broad SMARTS) is 1. The molecule has 1 aliphatic heterocycles. The van der Waals surface area contributed by atoms with E-state index in [4.69, 9.17) is 5.11 Å². The summed E-state index contributed by atoms with van der Waals surface area (Å²) in [4.78, 5) is 25.5. The van der Waals surface area contributed by atoms with Gasteiger partial charge in [0.25, 0.3) is 0 Å². The predicted octanol–water partition coefficient (Wildman–Crippen LogP) is 2.20. The molecule has 21 heavy (non-hydrogen) atoms. The normalized spacial score (nSPS) is 17.4. The van der Waals surface area contributed by atoms with Crippen molar-refractivity contribution in [1.82, 2.24) is 4.90 Å². The topological polar surface area (TPSA) is 57.6 Å². The minimum Gasteiger partial charge on any atom is -0.481 e. The molecule has 0 radical (unpaired) electrons. The maximum Gasteiger partial charge on any atom is 0.303 e. The van der Waals surface area contributed by atoms with Crippen LogP contribution in [-0.2, 0) is 22.4 Å². The number of aryl methyl sites for hydroxylation is 2. The fourth-order valence-electron chi connectivity index (χ4n) is 3.02. The van der Waals surface area contributed by atoms with E-state index in [1.165, 1.54) is 24.0 Å². The number of fused-ring (bicyclic) bond motifs is 1. The van der Waals surface area contributed by atoms with Gasteiger partial charge < -0.3 is 10.0 Å². The third kappa shape index (κ3) is 3.40. The van der Waals surface area contributed by atoms with Crippen LogP contribution in [0.3, 0.4) is 0 Å². The van der Waals surface area contributed by atoms with E-state index in [9.17, 15) is 9.59 Å². The lowest BCUT2D eigenvalue weighted by molar-refractivity contribution is -0.143. The number of rotatable bonds is 5. The number of benzene rings is 1. The van der Waals surface area contributed by atoms with Crippen LogP contribution in [0.1, 0.15) is 24.0 Å². The van der Waals surface area contributed by atoms with E-state index < -0.39 is 5.97 Å². The highest BCUT2D eigenvalue weighted by molar-refractivity contribution is 8.00. The molecule has 1 saturated heterocycles. The number of aliphatic carboxylic acids is 1. The Morgan fingerprint density at radius 3 is 2.76 bits per heavy atom. The van der Waals surface area contributed by atoms with Gasteiger partial charge in [-0.1, -0.05) is 6.07 Å². The maximum atomic E-state index is 12.0. The summed E-state index contributed by atoms with van der Waals surface area (Å²) in [5, 5.41) is 8.70. The van der Waals surface area contributed by atoms with Crippen molar-refractivity contribution < 1.29 is 14.7 Å². The first-order valence-corrected chi connectivity index (χ1v) is 8.34. The van der Waals surface area contributed by atoms with Gasteiger partial charge in [0.15, 0.2) is 0 Å². The number of carbonyl (C=O) groups excluding carboxylic acids is 1. The Labute approximate surface area is 128 Å². The molecule has 1 N–H and O–H groups in total. The molecule has 0 aromatic heterocycles. The smallest absolute Gasteiger partial charge is 0.303 e. The molecule has 1 fully saturated rings. The standard InChI is InChI=1S/C16H19NO3S/c18-15(17-8-11(9-17)6-16(19)20)10-21-14-5-4-12-2-1-3-13(12)7-14/h4-5,7,11H,1-3,6,8-10H2,(H,19,20). The highest BCUT2D eigenvalue weighted by Gasteiger charge is 2.31. The van der Waals surface area contributed by atoms with Crippen molar-refractivity contribution in [2.75, 3.05) is 18.8 Å². The van der Waals surface area contributed by atoms with Crippen LogP contribution in [0, 0.1) is 5.92 Å². The van der Waals surface area contributed by atoms with Gasteiger partial charge in [0.05, 0.1) is 12.2 Å². The third-order valence-corrected chi connectivity index (χ3v) is 5.18. The van der Waals surface area contributed by atoms with Gasteiger partial charge in [0, 0.05) is 23.9 Å². The molecule has 0 spiro atoms. The molecule has 3 rings (SSSR count). The molecule has 0 atom stereocenters. The van der Waals surface area contributed by atoms with Crippen LogP contribution in [0.25, 0.3) is 0 Å². The number of carboxylic acids is 1. The zero-order chi connectivity index (χ0) is 14.8. The summed E-state index contributed by atoms with van der Waals surface area (Å²) >= 11 is 1.58. The summed E-state index contributed by atoms with van der Waals surface area (Å²) in [6.45, 7) is 1.19. The molecule has 1 aliphatic carbocycles. The molecule has 1 amide bonds. The van der Waals surface area contributed by atoms with Crippen molar-refractivity contribution in [3.8, 4) is 0 Å². The molecule has 1 heterocycles. The molecular formula is C16H19NO3S. The van der Waals surface area contributed by atoms with E-state index in [0.29, 0.717) is 18.8 Å². The number of hydrogen-bond donors (Lipinski definition) is 1. The largest absolute Gasteiger partial charge is 0.481 e. The first-order chi connectivity index (χ1) is 10.1. The summed E-state index contributed by atoms with van der Waals surface area (Å²) in [7, 11) is 0. The quantitative estimate of drug-likeness (QED) is 0.847. The highest BCUT2D eigenvalue weighted by atomic mass is 32.2. The average Bonchev–Trinajstić information content (AvgIpc) is 2.86. The van der Waals surface area contributed by atoms with Crippen LogP contribution in [0.4, 0.5) is 0 Å². The first kappa shape index (κ1) is 14.4. The number of likely N-dealkylation sites (tertiary alicyclic amines) is 1. The number of nitrogens with zero attached hydrogens (tertiary/aromatic N) is 1. The van der Waals surface area contributed by atoms with Gasteiger partial charge in [-0.3, -0.25) is 9.59 Å². The van der Waals surface area contributed by atoms with Gasteiger partial charge in [0.1, 0.15) is 0 Å². The number of thioether (sulfide) groups is 1. The van der Waals surface area contributed by atoms with E-state index >= 15 is 0 Å². The molecule has 2 aliphatic rings. The summed E-state index contributed by atoms with van der Waals surface area (Å²) < 4.78 is 0.